The molecule has 3 fully saturated rings. The van der Waals surface area contributed by atoms with Crippen LogP contribution in [0.5, 0.6) is 0 Å². The number of H-pyrrole nitrogens is 1. The van der Waals surface area contributed by atoms with Crippen molar-refractivity contribution in [1.82, 2.24) is 30.5 Å². The summed E-state index contributed by atoms with van der Waals surface area (Å²) in [7, 11) is 0. The number of fused-ring (bicyclic) bond motifs is 3. The maximum atomic E-state index is 13.8. The fourth-order valence-corrected chi connectivity index (χ4v) is 11.8. The number of anilines is 2. The number of aromatic amines is 1. The molecule has 4 heterocycles. The molecule has 0 bridgehead atoms. The van der Waals surface area contributed by atoms with Crippen molar-refractivity contribution in [3.05, 3.63) is 24.0 Å². The number of aryl methyl sites for hydroxylation is 1. The Morgan fingerprint density at radius 1 is 0.908 bits per heavy atom. The van der Waals surface area contributed by atoms with Gasteiger partial charge in [0.05, 0.1) is 30.3 Å². The number of ether oxygens (including phenoxy) is 1. The first kappa shape index (κ1) is 51.1. The van der Waals surface area contributed by atoms with E-state index < -0.39 is 0 Å². The first-order chi connectivity index (χ1) is 31.1. The molecule has 2 saturated heterocycles. The molecule has 1 aliphatic carbocycles. The summed E-state index contributed by atoms with van der Waals surface area (Å²) in [6.07, 6.45) is 22.0. The molecule has 2 aliphatic heterocycles. The summed E-state index contributed by atoms with van der Waals surface area (Å²) in [5, 5.41) is 8.29. The Kier molecular flexibility index (Phi) is 18.6. The fourth-order valence-electron chi connectivity index (χ4n) is 11.8. The quantitative estimate of drug-likeness (QED) is 0.0816. The molecule has 65 heavy (non-hydrogen) atoms. The Bertz CT molecular complexity index is 1960. The van der Waals surface area contributed by atoms with Gasteiger partial charge in [-0.15, -0.1) is 0 Å². The van der Waals surface area contributed by atoms with Crippen LogP contribution in [0.15, 0.2) is 18.2 Å². The Hall–Kier alpha value is -3.28. The lowest BCUT2D eigenvalue weighted by molar-refractivity contribution is -0.124. The number of nitrogen functional groups attached to an aromatic ring is 1. The topological polar surface area (TPSA) is 142 Å². The average Bonchev–Trinajstić information content (AvgIpc) is 3.80. The second-order valence-electron chi connectivity index (χ2n) is 22.5. The standard InChI is InChI=1S/C54H90N8O3/c1-9-10-18-26-46-58-48-43-34-42(27-28-44(43)57-51(55)49(48)59-46)62-32-30-61(31-33-62)36-53(7,8)38-65-37-52(5,6)35-47(63)56-29-22-21-25-45-50(64)40(4)54(60-45,39(2)3)41-23-19-16-14-12-11-13-15-17-20-24-41/h27-28,34,39-41,45,60H,9-26,29-33,35-38H2,1-8H3,(H2,55,57)(H,56,63)(H,58,59). The number of imidazole rings is 1. The first-order valence-electron chi connectivity index (χ1n) is 26.3. The molecule has 5 N–H and O–H groups in total. The SMILES string of the molecule is CCCCCc1nc2c(N)nc3ccc(N4CCN(CC(C)(C)COCC(C)(C)CC(=O)NCCCCC5NC(C(C)C)(C6CCCCCCCCCCC6)C(C)C5=O)CC4)cc3c2[nH]1. The van der Waals surface area contributed by atoms with E-state index in [0.717, 1.165) is 92.6 Å². The Labute approximate surface area is 393 Å². The number of hydrogen-bond donors (Lipinski definition) is 4. The van der Waals surface area contributed by atoms with Gasteiger partial charge in [0, 0.05) is 80.1 Å². The molecular weight excluding hydrogens is 809 g/mol. The minimum atomic E-state index is -0.269. The van der Waals surface area contributed by atoms with Crippen LogP contribution >= 0.6 is 0 Å². The summed E-state index contributed by atoms with van der Waals surface area (Å²) in [6.45, 7) is 24.6. The van der Waals surface area contributed by atoms with Gasteiger partial charge < -0.3 is 31.0 Å². The van der Waals surface area contributed by atoms with Crippen LogP contribution in [0.1, 0.15) is 177 Å². The molecule has 11 heteroatoms. The second-order valence-corrected chi connectivity index (χ2v) is 22.5. The number of piperazine rings is 1. The summed E-state index contributed by atoms with van der Waals surface area (Å²) in [5.74, 6) is 2.97. The molecular formula is C54H90N8O3. The van der Waals surface area contributed by atoms with Crippen LogP contribution in [0, 0.1) is 28.6 Å². The van der Waals surface area contributed by atoms with E-state index in [0.29, 0.717) is 49.6 Å². The molecule has 3 unspecified atom stereocenters. The number of pyridine rings is 1. The number of ketones is 1. The number of aromatic nitrogens is 3. The number of benzene rings is 1. The molecule has 2 aromatic heterocycles. The number of Topliss-reactive ketones (excluding diaryl/α,β-unsaturated/α-hetero) is 1. The first-order valence-corrected chi connectivity index (χ1v) is 26.3. The third-order valence-electron chi connectivity index (χ3n) is 15.4. The van der Waals surface area contributed by atoms with Gasteiger partial charge in [0.2, 0.25) is 5.91 Å². The largest absolute Gasteiger partial charge is 0.382 e. The van der Waals surface area contributed by atoms with Gasteiger partial charge in [-0.3, -0.25) is 14.5 Å². The Morgan fingerprint density at radius 2 is 1.57 bits per heavy atom. The van der Waals surface area contributed by atoms with E-state index in [1.165, 1.54) is 89.2 Å². The van der Waals surface area contributed by atoms with Crippen molar-refractivity contribution in [3.8, 4) is 0 Å². The lowest BCUT2D eigenvalue weighted by atomic mass is 9.65. The van der Waals surface area contributed by atoms with Crippen LogP contribution in [-0.2, 0) is 20.7 Å². The molecule has 364 valence electrons. The van der Waals surface area contributed by atoms with Crippen LogP contribution in [0.25, 0.3) is 21.9 Å². The number of hydrogen-bond acceptors (Lipinski definition) is 9. The van der Waals surface area contributed by atoms with E-state index >= 15 is 0 Å². The van der Waals surface area contributed by atoms with E-state index in [1.54, 1.807) is 0 Å². The van der Waals surface area contributed by atoms with Crippen molar-refractivity contribution < 1.29 is 14.3 Å². The third-order valence-corrected chi connectivity index (χ3v) is 15.4. The maximum absolute atomic E-state index is 13.8. The highest BCUT2D eigenvalue weighted by molar-refractivity contribution is 6.07. The Morgan fingerprint density at radius 3 is 2.23 bits per heavy atom. The smallest absolute Gasteiger partial charge is 0.220 e. The molecule has 6 rings (SSSR count). The van der Waals surface area contributed by atoms with Gasteiger partial charge in [0.15, 0.2) is 11.6 Å². The van der Waals surface area contributed by atoms with Crippen LogP contribution < -0.4 is 21.3 Å². The average molecular weight is 899 g/mol. The number of nitrogens with two attached hydrogens (primary N) is 1. The molecule has 11 nitrogen and oxygen atoms in total. The molecule has 1 amide bonds. The molecule has 3 atom stereocenters. The van der Waals surface area contributed by atoms with Crippen molar-refractivity contribution in [2.24, 2.45) is 28.6 Å². The highest BCUT2D eigenvalue weighted by Crippen LogP contribution is 2.45. The molecule has 3 aliphatic rings. The lowest BCUT2D eigenvalue weighted by Crippen LogP contribution is -2.56. The number of carbonyl (C=O) groups is 2. The highest BCUT2D eigenvalue weighted by atomic mass is 16.5. The number of amides is 1. The normalized spacial score (nSPS) is 22.8. The van der Waals surface area contributed by atoms with Crippen LogP contribution in [-0.4, -0.2) is 95.6 Å². The van der Waals surface area contributed by atoms with Crippen molar-refractivity contribution in [1.29, 1.82) is 0 Å². The molecule has 3 aromatic rings. The number of nitrogens with one attached hydrogen (secondary N) is 3. The maximum Gasteiger partial charge on any atom is 0.220 e. The predicted octanol–water partition coefficient (Wildman–Crippen LogP) is 10.8. The fraction of sp³-hybridized carbons (Fsp3) is 0.778. The van der Waals surface area contributed by atoms with Gasteiger partial charge in [-0.05, 0) is 74.0 Å². The zero-order valence-corrected chi connectivity index (χ0v) is 42.2. The lowest BCUT2D eigenvalue weighted by Gasteiger charge is -2.45. The second kappa shape index (κ2) is 23.6. The van der Waals surface area contributed by atoms with Crippen molar-refractivity contribution in [2.45, 2.75) is 189 Å². The zero-order chi connectivity index (χ0) is 46.6. The van der Waals surface area contributed by atoms with Crippen LogP contribution in [0.3, 0.4) is 0 Å². The van der Waals surface area contributed by atoms with Gasteiger partial charge in [0.25, 0.3) is 0 Å². The van der Waals surface area contributed by atoms with Crippen molar-refractivity contribution in [2.75, 3.05) is 63.1 Å². The molecule has 1 aromatic carbocycles. The van der Waals surface area contributed by atoms with Crippen molar-refractivity contribution >= 4 is 45.1 Å². The van der Waals surface area contributed by atoms with Gasteiger partial charge in [-0.1, -0.05) is 126 Å². The van der Waals surface area contributed by atoms with Gasteiger partial charge in [-0.2, -0.15) is 0 Å². The summed E-state index contributed by atoms with van der Waals surface area (Å²) >= 11 is 0. The monoisotopic (exact) mass is 899 g/mol. The Balaban J connectivity index is 0.888. The van der Waals surface area contributed by atoms with E-state index in [-0.39, 0.29) is 34.2 Å². The van der Waals surface area contributed by atoms with Crippen LogP contribution in [0.2, 0.25) is 0 Å². The summed E-state index contributed by atoms with van der Waals surface area (Å²) < 4.78 is 6.36. The summed E-state index contributed by atoms with van der Waals surface area (Å²) in [4.78, 5) is 45.1. The van der Waals surface area contributed by atoms with E-state index in [4.69, 9.17) is 20.4 Å². The van der Waals surface area contributed by atoms with Crippen LogP contribution in [0.4, 0.5) is 11.5 Å². The molecule has 0 radical (unpaired) electrons. The number of nitrogens with zero attached hydrogens (tertiary/aromatic N) is 4. The molecule has 1 saturated carbocycles. The van der Waals surface area contributed by atoms with Gasteiger partial charge in [0.1, 0.15) is 11.3 Å². The number of carbonyl (C=O) groups excluding carboxylic acids is 2. The van der Waals surface area contributed by atoms with E-state index in [1.807, 2.05) is 0 Å². The van der Waals surface area contributed by atoms with Gasteiger partial charge >= 0.3 is 0 Å². The van der Waals surface area contributed by atoms with E-state index in [2.05, 4.69) is 99.0 Å². The number of rotatable bonds is 20. The van der Waals surface area contributed by atoms with Gasteiger partial charge in [-0.25, -0.2) is 9.97 Å². The molecule has 0 spiro atoms. The minimum absolute atomic E-state index is 0.0227. The van der Waals surface area contributed by atoms with E-state index in [9.17, 15) is 9.59 Å². The summed E-state index contributed by atoms with van der Waals surface area (Å²) in [6, 6.07) is 6.44. The number of unbranched alkanes of at least 4 members (excludes halogenated alkanes) is 3. The minimum Gasteiger partial charge on any atom is -0.382 e. The predicted molar refractivity (Wildman–Crippen MR) is 270 cm³/mol. The summed E-state index contributed by atoms with van der Waals surface area (Å²) in [5.41, 5.74) is 9.82. The highest BCUT2D eigenvalue weighted by Gasteiger charge is 2.55. The third kappa shape index (κ3) is 13.7. The van der Waals surface area contributed by atoms with Crippen molar-refractivity contribution in [3.63, 3.8) is 0 Å². The zero-order valence-electron chi connectivity index (χ0n) is 42.2.